The van der Waals surface area contributed by atoms with E-state index in [0.717, 1.165) is 12.1 Å². The van der Waals surface area contributed by atoms with Gasteiger partial charge >= 0.3 is 0 Å². The molecule has 0 atom stereocenters. The standard InChI is InChI=1S/C10H18N4O/c1-9-3-7-13-14(9)8-4-10(15)12-6-2-5-11/h3,7H,2,4-6,8,11H2,1H3,(H,12,15). The van der Waals surface area contributed by atoms with E-state index in [2.05, 4.69) is 10.4 Å². The van der Waals surface area contributed by atoms with Gasteiger partial charge in [-0.1, -0.05) is 0 Å². The van der Waals surface area contributed by atoms with E-state index < -0.39 is 0 Å². The van der Waals surface area contributed by atoms with Crippen molar-refractivity contribution in [1.82, 2.24) is 15.1 Å². The average molecular weight is 210 g/mol. The zero-order valence-corrected chi connectivity index (χ0v) is 9.07. The van der Waals surface area contributed by atoms with Crippen molar-refractivity contribution in [2.75, 3.05) is 13.1 Å². The van der Waals surface area contributed by atoms with Gasteiger partial charge in [0.1, 0.15) is 0 Å². The van der Waals surface area contributed by atoms with Gasteiger partial charge in [0, 0.05) is 31.4 Å². The topological polar surface area (TPSA) is 72.9 Å². The number of aromatic nitrogens is 2. The van der Waals surface area contributed by atoms with Crippen LogP contribution in [0.5, 0.6) is 0 Å². The Morgan fingerprint density at radius 3 is 3.07 bits per heavy atom. The Morgan fingerprint density at radius 1 is 1.67 bits per heavy atom. The van der Waals surface area contributed by atoms with Crippen LogP contribution < -0.4 is 11.1 Å². The van der Waals surface area contributed by atoms with Crippen molar-refractivity contribution < 1.29 is 4.79 Å². The second-order valence-electron chi connectivity index (χ2n) is 3.44. The molecule has 0 aromatic carbocycles. The summed E-state index contributed by atoms with van der Waals surface area (Å²) in [6, 6.07) is 1.92. The van der Waals surface area contributed by atoms with Crippen LogP contribution in [0.25, 0.3) is 0 Å². The largest absolute Gasteiger partial charge is 0.356 e. The smallest absolute Gasteiger partial charge is 0.221 e. The number of hydrogen-bond acceptors (Lipinski definition) is 3. The average Bonchev–Trinajstić information content (AvgIpc) is 2.61. The van der Waals surface area contributed by atoms with E-state index in [1.54, 1.807) is 6.20 Å². The van der Waals surface area contributed by atoms with Crippen LogP contribution in [-0.2, 0) is 11.3 Å². The van der Waals surface area contributed by atoms with E-state index in [4.69, 9.17) is 5.73 Å². The van der Waals surface area contributed by atoms with E-state index in [1.807, 2.05) is 17.7 Å². The Morgan fingerprint density at radius 2 is 2.47 bits per heavy atom. The quantitative estimate of drug-likeness (QED) is 0.651. The molecule has 0 aliphatic heterocycles. The van der Waals surface area contributed by atoms with Gasteiger partial charge in [0.05, 0.1) is 0 Å². The Labute approximate surface area is 89.6 Å². The predicted molar refractivity (Wildman–Crippen MR) is 58.3 cm³/mol. The van der Waals surface area contributed by atoms with Gasteiger partial charge in [-0.15, -0.1) is 0 Å². The van der Waals surface area contributed by atoms with Crippen molar-refractivity contribution in [2.45, 2.75) is 26.3 Å². The molecule has 0 radical (unpaired) electrons. The molecule has 0 fully saturated rings. The van der Waals surface area contributed by atoms with E-state index in [9.17, 15) is 4.79 Å². The highest BCUT2D eigenvalue weighted by Crippen LogP contribution is 1.97. The number of amides is 1. The van der Waals surface area contributed by atoms with Crippen molar-refractivity contribution in [1.29, 1.82) is 0 Å². The van der Waals surface area contributed by atoms with Crippen LogP contribution >= 0.6 is 0 Å². The van der Waals surface area contributed by atoms with Gasteiger partial charge in [-0.25, -0.2) is 0 Å². The summed E-state index contributed by atoms with van der Waals surface area (Å²) in [6.07, 6.45) is 3.03. The van der Waals surface area contributed by atoms with Crippen molar-refractivity contribution in [3.8, 4) is 0 Å². The Kier molecular flexibility index (Phi) is 4.83. The molecular formula is C10H18N4O. The van der Waals surface area contributed by atoms with Gasteiger partial charge in [0.2, 0.25) is 5.91 Å². The fourth-order valence-corrected chi connectivity index (χ4v) is 1.26. The van der Waals surface area contributed by atoms with E-state index >= 15 is 0 Å². The lowest BCUT2D eigenvalue weighted by Gasteiger charge is -2.05. The zero-order valence-electron chi connectivity index (χ0n) is 9.07. The highest BCUT2D eigenvalue weighted by atomic mass is 16.1. The summed E-state index contributed by atoms with van der Waals surface area (Å²) in [5.41, 5.74) is 6.39. The SMILES string of the molecule is Cc1ccnn1CCC(=O)NCCCN. The number of carbonyl (C=O) groups excluding carboxylic acids is 1. The number of nitrogens with zero attached hydrogens (tertiary/aromatic N) is 2. The lowest BCUT2D eigenvalue weighted by Crippen LogP contribution is -2.27. The molecule has 0 saturated heterocycles. The molecule has 0 bridgehead atoms. The van der Waals surface area contributed by atoms with Crippen LogP contribution in [-0.4, -0.2) is 28.8 Å². The maximum Gasteiger partial charge on any atom is 0.221 e. The lowest BCUT2D eigenvalue weighted by molar-refractivity contribution is -0.121. The summed E-state index contributed by atoms with van der Waals surface area (Å²) in [5.74, 6) is 0.0540. The van der Waals surface area contributed by atoms with E-state index in [-0.39, 0.29) is 5.91 Å². The first-order valence-corrected chi connectivity index (χ1v) is 5.19. The molecule has 0 aliphatic carbocycles. The molecule has 15 heavy (non-hydrogen) atoms. The number of aryl methyl sites for hydroxylation is 2. The van der Waals surface area contributed by atoms with Crippen molar-refractivity contribution in [3.05, 3.63) is 18.0 Å². The normalized spacial score (nSPS) is 10.3. The van der Waals surface area contributed by atoms with Crippen LogP contribution in [0, 0.1) is 6.92 Å². The van der Waals surface area contributed by atoms with Crippen molar-refractivity contribution in [2.24, 2.45) is 5.73 Å². The third kappa shape index (κ3) is 4.12. The fourth-order valence-electron chi connectivity index (χ4n) is 1.26. The van der Waals surface area contributed by atoms with Gasteiger partial charge in [-0.3, -0.25) is 9.48 Å². The van der Waals surface area contributed by atoms with Crippen LogP contribution in [0.4, 0.5) is 0 Å². The van der Waals surface area contributed by atoms with Crippen LogP contribution in [0.1, 0.15) is 18.5 Å². The van der Waals surface area contributed by atoms with Crippen molar-refractivity contribution >= 4 is 5.91 Å². The molecule has 1 rings (SSSR count). The molecule has 3 N–H and O–H groups in total. The Bertz CT molecular complexity index is 308. The van der Waals surface area contributed by atoms with Crippen molar-refractivity contribution in [3.63, 3.8) is 0 Å². The maximum atomic E-state index is 11.3. The number of nitrogens with one attached hydrogen (secondary N) is 1. The molecule has 1 aromatic heterocycles. The molecule has 5 nitrogen and oxygen atoms in total. The molecule has 0 saturated carbocycles. The minimum absolute atomic E-state index is 0.0540. The summed E-state index contributed by atoms with van der Waals surface area (Å²) in [6.45, 7) is 3.87. The van der Waals surface area contributed by atoms with Crippen LogP contribution in [0.15, 0.2) is 12.3 Å². The van der Waals surface area contributed by atoms with E-state index in [0.29, 0.717) is 26.1 Å². The van der Waals surface area contributed by atoms with Crippen LogP contribution in [0.3, 0.4) is 0 Å². The first-order valence-electron chi connectivity index (χ1n) is 5.19. The minimum atomic E-state index is 0.0540. The summed E-state index contributed by atoms with van der Waals surface area (Å²) in [7, 11) is 0. The zero-order chi connectivity index (χ0) is 11.1. The summed E-state index contributed by atoms with van der Waals surface area (Å²) in [4.78, 5) is 11.3. The van der Waals surface area contributed by atoms with Gasteiger partial charge in [0.15, 0.2) is 0 Å². The van der Waals surface area contributed by atoms with Gasteiger partial charge in [0.25, 0.3) is 0 Å². The second-order valence-corrected chi connectivity index (χ2v) is 3.44. The Balaban J connectivity index is 2.20. The number of nitrogens with two attached hydrogens (primary N) is 1. The summed E-state index contributed by atoms with van der Waals surface area (Å²) >= 11 is 0. The lowest BCUT2D eigenvalue weighted by atomic mass is 10.3. The van der Waals surface area contributed by atoms with Gasteiger partial charge in [-0.2, -0.15) is 5.10 Å². The number of hydrogen-bond donors (Lipinski definition) is 2. The Hall–Kier alpha value is -1.36. The molecular weight excluding hydrogens is 192 g/mol. The highest BCUT2D eigenvalue weighted by molar-refractivity contribution is 5.75. The molecule has 84 valence electrons. The highest BCUT2D eigenvalue weighted by Gasteiger charge is 2.02. The molecule has 1 aromatic rings. The maximum absolute atomic E-state index is 11.3. The third-order valence-electron chi connectivity index (χ3n) is 2.18. The molecule has 1 amide bonds. The summed E-state index contributed by atoms with van der Waals surface area (Å²) in [5, 5.41) is 6.91. The predicted octanol–water partition coefficient (Wildman–Crippen LogP) is 0.0466. The second kappa shape index (κ2) is 6.19. The van der Waals surface area contributed by atoms with Gasteiger partial charge < -0.3 is 11.1 Å². The minimum Gasteiger partial charge on any atom is -0.356 e. The molecule has 0 spiro atoms. The third-order valence-corrected chi connectivity index (χ3v) is 2.18. The monoisotopic (exact) mass is 210 g/mol. The molecule has 5 heteroatoms. The fraction of sp³-hybridized carbons (Fsp3) is 0.600. The number of carbonyl (C=O) groups is 1. The first-order chi connectivity index (χ1) is 7.24. The molecule has 1 heterocycles. The van der Waals surface area contributed by atoms with E-state index in [1.165, 1.54) is 0 Å². The summed E-state index contributed by atoms with van der Waals surface area (Å²) < 4.78 is 1.82. The molecule has 0 aliphatic rings. The molecule has 0 unspecified atom stereocenters. The first kappa shape index (κ1) is 11.7. The van der Waals surface area contributed by atoms with Crippen LogP contribution in [0.2, 0.25) is 0 Å². The number of rotatable bonds is 6. The van der Waals surface area contributed by atoms with Gasteiger partial charge in [-0.05, 0) is 26.0 Å².